The average Bonchev–Trinajstić information content (AvgIpc) is 2.27. The molecule has 0 aliphatic heterocycles. The van der Waals surface area contributed by atoms with Gasteiger partial charge in [-0.3, -0.25) is 9.59 Å². The average molecular weight is 395 g/mol. The molecule has 2 N–H and O–H groups in total. The van der Waals surface area contributed by atoms with E-state index < -0.39 is 11.6 Å². The van der Waals surface area contributed by atoms with Gasteiger partial charge in [-0.1, -0.05) is 20.8 Å². The molecule has 4 nitrogen and oxygen atoms in total. The zero-order chi connectivity index (χ0) is 15.6. The van der Waals surface area contributed by atoms with E-state index in [1.165, 1.54) is 0 Å². The topological polar surface area (TPSA) is 66.4 Å². The summed E-state index contributed by atoms with van der Waals surface area (Å²) in [5.74, 6) is 0.265. The van der Waals surface area contributed by atoms with Crippen molar-refractivity contribution in [3.8, 4) is 0 Å². The normalized spacial score (nSPS) is 28.8. The standard InChI is InChI=1S/C15H26INO3/c1-14(2,3)12(13(16)19)17-11(18)9-10-5-7-15(4,20)8-6-10/h10,12,20H,5-9H2,1-4H3,(H,17,18). The minimum Gasteiger partial charge on any atom is -0.390 e. The highest BCUT2D eigenvalue weighted by Gasteiger charge is 2.33. The first-order valence-corrected chi connectivity index (χ1v) is 8.30. The summed E-state index contributed by atoms with van der Waals surface area (Å²) in [6.07, 6.45) is 3.70. The van der Waals surface area contributed by atoms with Gasteiger partial charge in [0, 0.05) is 29.0 Å². The molecule has 20 heavy (non-hydrogen) atoms. The minimum atomic E-state index is -0.570. The highest BCUT2D eigenvalue weighted by atomic mass is 127. The Morgan fingerprint density at radius 1 is 1.35 bits per heavy atom. The van der Waals surface area contributed by atoms with Crippen molar-refractivity contribution in [2.24, 2.45) is 11.3 Å². The Bertz CT molecular complexity index is 364. The van der Waals surface area contributed by atoms with E-state index in [1.807, 2.05) is 27.7 Å². The van der Waals surface area contributed by atoms with Crippen LogP contribution in [0.25, 0.3) is 0 Å². The molecule has 0 bridgehead atoms. The Hall–Kier alpha value is -0.170. The molecule has 1 rings (SSSR count). The molecule has 5 heteroatoms. The van der Waals surface area contributed by atoms with Gasteiger partial charge in [-0.2, -0.15) is 0 Å². The highest BCUT2D eigenvalue weighted by Crippen LogP contribution is 2.33. The molecule has 116 valence electrons. The molecule has 0 heterocycles. The fourth-order valence-electron chi connectivity index (χ4n) is 2.60. The number of hydrogen-bond acceptors (Lipinski definition) is 3. The molecule has 1 aliphatic rings. The second-order valence-electron chi connectivity index (χ2n) is 7.32. The van der Waals surface area contributed by atoms with Crippen molar-refractivity contribution < 1.29 is 14.7 Å². The molecule has 0 aromatic rings. The van der Waals surface area contributed by atoms with Crippen LogP contribution in [0, 0.1) is 11.3 Å². The van der Waals surface area contributed by atoms with Crippen molar-refractivity contribution in [1.82, 2.24) is 5.32 Å². The highest BCUT2D eigenvalue weighted by molar-refractivity contribution is 14.1. The fraction of sp³-hybridized carbons (Fsp3) is 0.867. The van der Waals surface area contributed by atoms with Gasteiger partial charge in [0.15, 0.2) is 0 Å². The van der Waals surface area contributed by atoms with E-state index in [0.29, 0.717) is 12.3 Å². The van der Waals surface area contributed by atoms with Crippen molar-refractivity contribution >= 4 is 32.3 Å². The first-order valence-electron chi connectivity index (χ1n) is 7.22. The maximum Gasteiger partial charge on any atom is 0.220 e. The molecule has 1 fully saturated rings. The van der Waals surface area contributed by atoms with E-state index in [-0.39, 0.29) is 15.1 Å². The van der Waals surface area contributed by atoms with Gasteiger partial charge in [-0.05, 0) is 43.9 Å². The van der Waals surface area contributed by atoms with Crippen LogP contribution in [0.4, 0.5) is 0 Å². The molecule has 1 atom stereocenters. The summed E-state index contributed by atoms with van der Waals surface area (Å²) in [4.78, 5) is 23.7. The van der Waals surface area contributed by atoms with Crippen LogP contribution in [0.1, 0.15) is 59.8 Å². The number of hydrogen-bond donors (Lipinski definition) is 2. The first kappa shape index (κ1) is 17.9. The van der Waals surface area contributed by atoms with Crippen LogP contribution in [-0.2, 0) is 9.59 Å². The van der Waals surface area contributed by atoms with Crippen LogP contribution in [-0.4, -0.2) is 26.4 Å². The molecule has 0 spiro atoms. The van der Waals surface area contributed by atoms with Crippen LogP contribution in [0.5, 0.6) is 0 Å². The van der Waals surface area contributed by atoms with Gasteiger partial charge in [0.2, 0.25) is 9.70 Å². The minimum absolute atomic E-state index is 0.0324. The van der Waals surface area contributed by atoms with E-state index in [4.69, 9.17) is 0 Å². The summed E-state index contributed by atoms with van der Waals surface area (Å²) in [6.45, 7) is 7.71. The summed E-state index contributed by atoms with van der Waals surface area (Å²) in [5.41, 5.74) is -0.844. The van der Waals surface area contributed by atoms with Crippen molar-refractivity contribution in [3.05, 3.63) is 0 Å². The second kappa shape index (κ2) is 6.73. The van der Waals surface area contributed by atoms with Crippen molar-refractivity contribution in [2.45, 2.75) is 71.4 Å². The third kappa shape index (κ3) is 5.68. The molecular weight excluding hydrogens is 369 g/mol. The molecule has 0 radical (unpaired) electrons. The predicted octanol–water partition coefficient (Wildman–Crippen LogP) is 2.81. The van der Waals surface area contributed by atoms with Gasteiger partial charge in [-0.15, -0.1) is 0 Å². The maximum absolute atomic E-state index is 12.1. The van der Waals surface area contributed by atoms with Crippen molar-refractivity contribution in [1.29, 1.82) is 0 Å². The number of carbonyl (C=O) groups excluding carboxylic acids is 2. The van der Waals surface area contributed by atoms with E-state index in [9.17, 15) is 14.7 Å². The lowest BCUT2D eigenvalue weighted by Crippen LogP contribution is -2.48. The van der Waals surface area contributed by atoms with Crippen LogP contribution < -0.4 is 5.32 Å². The molecule has 1 unspecified atom stereocenters. The van der Waals surface area contributed by atoms with Crippen LogP contribution in [0.15, 0.2) is 0 Å². The largest absolute Gasteiger partial charge is 0.390 e. The predicted molar refractivity (Wildman–Crippen MR) is 87.6 cm³/mol. The Morgan fingerprint density at radius 2 is 1.85 bits per heavy atom. The maximum atomic E-state index is 12.1. The molecule has 0 aromatic heterocycles. The van der Waals surface area contributed by atoms with Crippen molar-refractivity contribution in [2.75, 3.05) is 0 Å². The van der Waals surface area contributed by atoms with E-state index in [1.54, 1.807) is 22.6 Å². The molecular formula is C15H26INO3. The zero-order valence-electron chi connectivity index (χ0n) is 12.8. The number of nitrogens with one attached hydrogen (secondary N) is 1. The molecule has 1 amide bonds. The number of amides is 1. The quantitative estimate of drug-likeness (QED) is 0.568. The van der Waals surface area contributed by atoms with Gasteiger partial charge >= 0.3 is 0 Å². The Balaban J connectivity index is 2.49. The Kier molecular flexibility index (Phi) is 6.01. The summed E-state index contributed by atoms with van der Waals surface area (Å²) < 4.78 is -0.0324. The summed E-state index contributed by atoms with van der Waals surface area (Å²) in [7, 11) is 0. The number of carbonyl (C=O) groups is 2. The smallest absolute Gasteiger partial charge is 0.220 e. The lowest BCUT2D eigenvalue weighted by atomic mass is 9.78. The summed E-state index contributed by atoms with van der Waals surface area (Å²) >= 11 is 1.75. The van der Waals surface area contributed by atoms with Crippen LogP contribution >= 0.6 is 22.6 Å². The van der Waals surface area contributed by atoms with E-state index in [0.717, 1.165) is 25.7 Å². The van der Waals surface area contributed by atoms with Crippen LogP contribution in [0.2, 0.25) is 0 Å². The van der Waals surface area contributed by atoms with Gasteiger partial charge < -0.3 is 10.4 Å². The lowest BCUT2D eigenvalue weighted by Gasteiger charge is -2.33. The first-order chi connectivity index (χ1) is 9.01. The molecule has 0 saturated heterocycles. The van der Waals surface area contributed by atoms with E-state index >= 15 is 0 Å². The van der Waals surface area contributed by atoms with Gasteiger partial charge in [0.05, 0.1) is 5.60 Å². The van der Waals surface area contributed by atoms with Gasteiger partial charge in [0.1, 0.15) is 6.04 Å². The number of halogens is 1. The third-order valence-corrected chi connectivity index (χ3v) is 4.68. The molecule has 1 aliphatic carbocycles. The monoisotopic (exact) mass is 395 g/mol. The van der Waals surface area contributed by atoms with Gasteiger partial charge in [-0.25, -0.2) is 0 Å². The second-order valence-corrected chi connectivity index (χ2v) is 8.38. The van der Waals surface area contributed by atoms with Crippen molar-refractivity contribution in [3.63, 3.8) is 0 Å². The van der Waals surface area contributed by atoms with Gasteiger partial charge in [0.25, 0.3) is 0 Å². The van der Waals surface area contributed by atoms with Crippen LogP contribution in [0.3, 0.4) is 0 Å². The SMILES string of the molecule is CC1(O)CCC(CC(=O)NC(C(=O)I)C(C)(C)C)CC1. The number of aliphatic hydroxyl groups is 1. The Labute approximate surface area is 135 Å². The van der Waals surface area contributed by atoms with E-state index in [2.05, 4.69) is 5.32 Å². The fourth-order valence-corrected chi connectivity index (χ4v) is 3.69. The third-order valence-electron chi connectivity index (χ3n) is 4.05. The Morgan fingerprint density at radius 3 is 2.25 bits per heavy atom. The molecule has 0 aromatic carbocycles. The summed E-state index contributed by atoms with van der Waals surface area (Å²) in [6, 6.07) is -0.442. The lowest BCUT2D eigenvalue weighted by molar-refractivity contribution is -0.127. The number of rotatable bonds is 4. The summed E-state index contributed by atoms with van der Waals surface area (Å²) in [5, 5.41) is 12.8. The molecule has 1 saturated carbocycles. The zero-order valence-corrected chi connectivity index (χ0v) is 15.0.